The molecule has 68 valence electrons. The minimum atomic E-state index is 0.751. The van der Waals surface area contributed by atoms with Crippen molar-refractivity contribution in [2.45, 2.75) is 29.4 Å². The monoisotopic (exact) mass is 192 g/mol. The zero-order chi connectivity index (χ0) is 9.10. The average molecular weight is 192 g/mol. The SMILES string of the molecule is O=Cc1ccccc1SC1CCC1. The third-order valence-corrected chi connectivity index (χ3v) is 3.82. The van der Waals surface area contributed by atoms with Gasteiger partial charge in [0.2, 0.25) is 0 Å². The quantitative estimate of drug-likeness (QED) is 0.684. The van der Waals surface area contributed by atoms with E-state index in [1.54, 1.807) is 0 Å². The summed E-state index contributed by atoms with van der Waals surface area (Å²) in [5.41, 5.74) is 0.833. The summed E-state index contributed by atoms with van der Waals surface area (Å²) in [6.45, 7) is 0. The molecular weight excluding hydrogens is 180 g/mol. The van der Waals surface area contributed by atoms with E-state index < -0.39 is 0 Å². The van der Waals surface area contributed by atoms with E-state index in [2.05, 4.69) is 0 Å². The molecule has 1 fully saturated rings. The summed E-state index contributed by atoms with van der Waals surface area (Å²) < 4.78 is 0. The maximum Gasteiger partial charge on any atom is 0.151 e. The maximum absolute atomic E-state index is 10.7. The maximum atomic E-state index is 10.7. The van der Waals surface area contributed by atoms with E-state index in [4.69, 9.17) is 0 Å². The molecule has 1 aromatic carbocycles. The van der Waals surface area contributed by atoms with Crippen LogP contribution in [0.5, 0.6) is 0 Å². The first-order valence-electron chi connectivity index (χ1n) is 4.61. The van der Waals surface area contributed by atoms with Crippen LogP contribution in [-0.4, -0.2) is 11.5 Å². The lowest BCUT2D eigenvalue weighted by Gasteiger charge is -2.24. The van der Waals surface area contributed by atoms with E-state index in [1.807, 2.05) is 36.0 Å². The molecule has 0 amide bonds. The number of carbonyl (C=O) groups is 1. The van der Waals surface area contributed by atoms with E-state index in [-0.39, 0.29) is 0 Å². The van der Waals surface area contributed by atoms with Crippen molar-refractivity contribution in [2.75, 3.05) is 0 Å². The first-order chi connectivity index (χ1) is 6.40. The van der Waals surface area contributed by atoms with Gasteiger partial charge in [0.05, 0.1) is 0 Å². The van der Waals surface area contributed by atoms with Crippen LogP contribution in [0.25, 0.3) is 0 Å². The van der Waals surface area contributed by atoms with Crippen molar-refractivity contribution < 1.29 is 4.79 Å². The van der Waals surface area contributed by atoms with Crippen LogP contribution in [-0.2, 0) is 0 Å². The first kappa shape index (κ1) is 8.82. The molecule has 0 saturated heterocycles. The number of carbonyl (C=O) groups excluding carboxylic acids is 1. The first-order valence-corrected chi connectivity index (χ1v) is 5.49. The van der Waals surface area contributed by atoms with Crippen molar-refractivity contribution in [3.8, 4) is 0 Å². The van der Waals surface area contributed by atoms with Gasteiger partial charge in [0.15, 0.2) is 6.29 Å². The van der Waals surface area contributed by atoms with E-state index in [0.29, 0.717) is 0 Å². The largest absolute Gasteiger partial charge is 0.298 e. The van der Waals surface area contributed by atoms with Gasteiger partial charge in [-0.2, -0.15) is 0 Å². The van der Waals surface area contributed by atoms with Gasteiger partial charge in [0.1, 0.15) is 0 Å². The van der Waals surface area contributed by atoms with Gasteiger partial charge in [-0.15, -0.1) is 11.8 Å². The van der Waals surface area contributed by atoms with Crippen molar-refractivity contribution >= 4 is 18.0 Å². The summed E-state index contributed by atoms with van der Waals surface area (Å²) in [5.74, 6) is 0. The molecule has 0 radical (unpaired) electrons. The Kier molecular flexibility index (Phi) is 2.69. The molecule has 0 aliphatic heterocycles. The molecule has 2 heteroatoms. The molecule has 0 atom stereocenters. The fraction of sp³-hybridized carbons (Fsp3) is 0.364. The van der Waals surface area contributed by atoms with Gasteiger partial charge >= 0.3 is 0 Å². The Morgan fingerprint density at radius 1 is 1.31 bits per heavy atom. The smallest absolute Gasteiger partial charge is 0.151 e. The molecule has 0 N–H and O–H groups in total. The standard InChI is InChI=1S/C11H12OS/c12-8-9-4-1-2-7-11(9)13-10-5-3-6-10/h1-2,4,7-8,10H,3,5-6H2. The van der Waals surface area contributed by atoms with Gasteiger partial charge in [-0.1, -0.05) is 24.6 Å². The lowest BCUT2D eigenvalue weighted by Crippen LogP contribution is -2.12. The normalized spacial score (nSPS) is 16.6. The molecular formula is C11H12OS. The Labute approximate surface area is 82.5 Å². The summed E-state index contributed by atoms with van der Waals surface area (Å²) in [4.78, 5) is 11.8. The second-order valence-electron chi connectivity index (χ2n) is 3.33. The van der Waals surface area contributed by atoms with Crippen molar-refractivity contribution in [1.82, 2.24) is 0 Å². The van der Waals surface area contributed by atoms with Crippen molar-refractivity contribution in [2.24, 2.45) is 0 Å². The Morgan fingerprint density at radius 2 is 2.08 bits per heavy atom. The second kappa shape index (κ2) is 3.97. The molecule has 0 unspecified atom stereocenters. The van der Waals surface area contributed by atoms with Crippen LogP contribution in [0.2, 0.25) is 0 Å². The average Bonchev–Trinajstić information content (AvgIpc) is 2.12. The number of hydrogen-bond acceptors (Lipinski definition) is 2. The zero-order valence-corrected chi connectivity index (χ0v) is 8.22. The lowest BCUT2D eigenvalue weighted by molar-refractivity contribution is 0.112. The molecule has 1 aliphatic carbocycles. The van der Waals surface area contributed by atoms with Gasteiger partial charge in [-0.3, -0.25) is 4.79 Å². The number of benzene rings is 1. The molecule has 13 heavy (non-hydrogen) atoms. The minimum absolute atomic E-state index is 0.751. The molecule has 0 aromatic heterocycles. The van der Waals surface area contributed by atoms with E-state index in [0.717, 1.165) is 22.0 Å². The van der Waals surface area contributed by atoms with Crippen LogP contribution in [0.3, 0.4) is 0 Å². The molecule has 2 rings (SSSR count). The fourth-order valence-electron chi connectivity index (χ4n) is 1.35. The van der Waals surface area contributed by atoms with Crippen LogP contribution < -0.4 is 0 Å². The second-order valence-corrected chi connectivity index (χ2v) is 4.67. The van der Waals surface area contributed by atoms with Crippen LogP contribution >= 0.6 is 11.8 Å². The highest BCUT2D eigenvalue weighted by Gasteiger charge is 2.19. The van der Waals surface area contributed by atoms with Crippen LogP contribution in [0.4, 0.5) is 0 Å². The number of aldehydes is 1. The predicted molar refractivity (Wildman–Crippen MR) is 55.3 cm³/mol. The van der Waals surface area contributed by atoms with Crippen LogP contribution in [0.15, 0.2) is 29.2 Å². The van der Waals surface area contributed by atoms with Gasteiger partial charge in [-0.05, 0) is 18.9 Å². The summed E-state index contributed by atoms with van der Waals surface area (Å²) in [5, 5.41) is 0.751. The van der Waals surface area contributed by atoms with E-state index in [9.17, 15) is 4.79 Å². The molecule has 0 spiro atoms. The zero-order valence-electron chi connectivity index (χ0n) is 7.40. The Morgan fingerprint density at radius 3 is 2.69 bits per heavy atom. The Balaban J connectivity index is 2.12. The molecule has 0 bridgehead atoms. The van der Waals surface area contributed by atoms with Crippen molar-refractivity contribution in [3.63, 3.8) is 0 Å². The molecule has 1 aliphatic rings. The van der Waals surface area contributed by atoms with Crippen molar-refractivity contribution in [1.29, 1.82) is 0 Å². The third kappa shape index (κ3) is 1.94. The third-order valence-electron chi connectivity index (χ3n) is 2.39. The molecule has 0 heterocycles. The number of rotatable bonds is 3. The van der Waals surface area contributed by atoms with E-state index >= 15 is 0 Å². The van der Waals surface area contributed by atoms with Gasteiger partial charge in [0.25, 0.3) is 0 Å². The van der Waals surface area contributed by atoms with Gasteiger partial charge < -0.3 is 0 Å². The number of hydrogen-bond donors (Lipinski definition) is 0. The molecule has 1 saturated carbocycles. The highest BCUT2D eigenvalue weighted by atomic mass is 32.2. The van der Waals surface area contributed by atoms with Gasteiger partial charge in [0, 0.05) is 15.7 Å². The van der Waals surface area contributed by atoms with Gasteiger partial charge in [-0.25, -0.2) is 0 Å². The molecule has 1 nitrogen and oxygen atoms in total. The summed E-state index contributed by atoms with van der Waals surface area (Å²) in [6, 6.07) is 7.82. The summed E-state index contributed by atoms with van der Waals surface area (Å²) in [6.07, 6.45) is 4.90. The predicted octanol–water partition coefficient (Wildman–Crippen LogP) is 3.14. The highest BCUT2D eigenvalue weighted by Crippen LogP contribution is 2.37. The van der Waals surface area contributed by atoms with E-state index in [1.165, 1.54) is 19.3 Å². The Bertz CT molecular complexity index is 305. The van der Waals surface area contributed by atoms with Crippen LogP contribution in [0.1, 0.15) is 29.6 Å². The molecule has 1 aromatic rings. The highest BCUT2D eigenvalue weighted by molar-refractivity contribution is 8.00. The number of thioether (sulfide) groups is 1. The lowest BCUT2D eigenvalue weighted by atomic mass is 10.00. The minimum Gasteiger partial charge on any atom is -0.298 e. The van der Waals surface area contributed by atoms with Crippen molar-refractivity contribution in [3.05, 3.63) is 29.8 Å². The Hall–Kier alpha value is -0.760. The van der Waals surface area contributed by atoms with Crippen LogP contribution in [0, 0.1) is 0 Å². The topological polar surface area (TPSA) is 17.1 Å². The fourth-order valence-corrected chi connectivity index (χ4v) is 2.69. The summed E-state index contributed by atoms with van der Waals surface area (Å²) in [7, 11) is 0. The summed E-state index contributed by atoms with van der Waals surface area (Å²) >= 11 is 1.85.